The molecule has 0 N–H and O–H groups in total. The van der Waals surface area contributed by atoms with Crippen molar-refractivity contribution in [3.8, 4) is 0 Å². The first kappa shape index (κ1) is 22.0. The minimum Gasteiger partial charge on any atom is -0.0616 e. The molecule has 0 atom stereocenters. The summed E-state index contributed by atoms with van der Waals surface area (Å²) >= 11 is 0. The summed E-state index contributed by atoms with van der Waals surface area (Å²) in [6.07, 6.45) is 1.08. The van der Waals surface area contributed by atoms with Gasteiger partial charge in [0.15, 0.2) is 0 Å². The van der Waals surface area contributed by atoms with Crippen molar-refractivity contribution in [1.29, 1.82) is 0 Å². The smallest absolute Gasteiger partial charge is 0 e. The summed E-state index contributed by atoms with van der Waals surface area (Å²) in [5.41, 5.74) is 2.87. The fraction of sp³-hybridized carbons (Fsp3) is 0.176. The largest absolute Gasteiger partial charge is 0.0616 e. The molecule has 0 unspecified atom stereocenters. The van der Waals surface area contributed by atoms with E-state index in [0.717, 1.165) is 6.42 Å². The molecule has 0 aliphatic rings. The molecule has 3 aromatic rings. The fourth-order valence-corrected chi connectivity index (χ4v) is 2.82. The fourth-order valence-electron chi connectivity index (χ4n) is 2.82. The van der Waals surface area contributed by atoms with E-state index in [1.807, 2.05) is 0 Å². The van der Waals surface area contributed by atoms with Crippen molar-refractivity contribution in [3.63, 3.8) is 0 Å². The molecule has 0 saturated heterocycles. The number of fused-ring (bicyclic) bond motifs is 2. The Kier molecular flexibility index (Phi) is 10.9. The summed E-state index contributed by atoms with van der Waals surface area (Å²) in [5.74, 6) is 0. The van der Waals surface area contributed by atoms with Gasteiger partial charge in [0, 0.05) is 113 Å². The van der Waals surface area contributed by atoms with Gasteiger partial charge in [0.25, 0.3) is 0 Å². The molecule has 0 aliphatic carbocycles. The van der Waals surface area contributed by atoms with E-state index in [9.17, 15) is 0 Å². The molecule has 3 heteroatoms. The average Bonchev–Trinajstić information content (AvgIpc) is 2.40. The molecule has 0 nitrogen and oxygen atoms in total. The van der Waals surface area contributed by atoms with Crippen molar-refractivity contribution >= 4 is 21.5 Å². The molecule has 0 bridgehead atoms. The third-order valence-corrected chi connectivity index (χ3v) is 3.67. The van der Waals surface area contributed by atoms with Crippen LogP contribution in [0.15, 0.2) is 48.5 Å². The van der Waals surface area contributed by atoms with Gasteiger partial charge in [0.05, 0.1) is 0 Å². The van der Waals surface area contributed by atoms with Crippen molar-refractivity contribution < 1.29 is 113 Å². The Bertz CT molecular complexity index is 648. The quantitative estimate of drug-likeness (QED) is 0.555. The van der Waals surface area contributed by atoms with Crippen LogP contribution in [0.1, 0.15) is 18.1 Å². The van der Waals surface area contributed by atoms with Gasteiger partial charge in [-0.3, -0.25) is 0 Å². The zero-order chi connectivity index (χ0) is 11.8. The number of aryl methyl sites for hydroxylation is 2. The molecule has 0 spiro atoms. The maximum absolute atomic E-state index is 2.24. The van der Waals surface area contributed by atoms with Gasteiger partial charge in [0.2, 0.25) is 0 Å². The van der Waals surface area contributed by atoms with Gasteiger partial charge in [-0.2, -0.15) is 0 Å². The van der Waals surface area contributed by atoms with Gasteiger partial charge in [-0.25, -0.2) is 0 Å². The average molecular weight is 340 g/mol. The summed E-state index contributed by atoms with van der Waals surface area (Å²) in [7, 11) is 0. The third-order valence-electron chi connectivity index (χ3n) is 3.67. The van der Waals surface area contributed by atoms with Gasteiger partial charge in [-0.1, -0.05) is 55.5 Å². The van der Waals surface area contributed by atoms with Crippen LogP contribution in [0.4, 0.5) is 0 Å². The van der Waals surface area contributed by atoms with Crippen LogP contribution in [-0.2, 0) is 6.42 Å². The van der Waals surface area contributed by atoms with Gasteiger partial charge >= 0.3 is 0 Å². The SMILES string of the molecule is CCc1c2ccccc2c(C)c2ccccc12.[Ar].[Ar].[Ar]. The van der Waals surface area contributed by atoms with Crippen LogP contribution in [-0.4, -0.2) is 0 Å². The van der Waals surface area contributed by atoms with E-state index in [2.05, 4.69) is 62.4 Å². The van der Waals surface area contributed by atoms with E-state index in [1.54, 1.807) is 0 Å². The minimum absolute atomic E-state index is 0. The van der Waals surface area contributed by atoms with Gasteiger partial charge in [-0.15, -0.1) is 0 Å². The number of hydrogen-bond donors (Lipinski definition) is 0. The molecule has 3 aromatic carbocycles. The molecular weight excluding hydrogens is 324 g/mol. The minimum atomic E-state index is 0. The van der Waals surface area contributed by atoms with Gasteiger partial charge in [-0.05, 0) is 46.0 Å². The third kappa shape index (κ3) is 4.08. The molecule has 0 amide bonds. The Labute approximate surface area is 210 Å². The summed E-state index contributed by atoms with van der Waals surface area (Å²) in [5, 5.41) is 5.60. The zero-order valence-corrected chi connectivity index (χ0v) is 13.5. The molecule has 20 heavy (non-hydrogen) atoms. The van der Waals surface area contributed by atoms with E-state index in [1.165, 1.54) is 32.7 Å². The maximum atomic E-state index is 2.24. The van der Waals surface area contributed by atoms with Crippen molar-refractivity contribution in [2.24, 2.45) is 0 Å². The standard InChI is InChI=1S/C17H16.3Ar/c1-3-13-16-10-6-4-8-14(16)12(2)15-9-5-7-11-17(13)15;;;/h4-11H,3H2,1-2H3;;;. The van der Waals surface area contributed by atoms with Crippen LogP contribution in [0.3, 0.4) is 0 Å². The van der Waals surface area contributed by atoms with Crippen molar-refractivity contribution in [2.75, 3.05) is 0 Å². The molecule has 0 saturated carbocycles. The van der Waals surface area contributed by atoms with Crippen LogP contribution in [0.5, 0.6) is 0 Å². The van der Waals surface area contributed by atoms with E-state index in [-0.39, 0.29) is 113 Å². The zero-order valence-electron chi connectivity index (χ0n) is 11.4. The monoisotopic (exact) mass is 340 g/mol. The van der Waals surface area contributed by atoms with E-state index in [0.29, 0.717) is 0 Å². The Morgan fingerprint density at radius 3 is 1.35 bits per heavy atom. The van der Waals surface area contributed by atoms with Crippen LogP contribution >= 0.6 is 0 Å². The predicted molar refractivity (Wildman–Crippen MR) is 75.6 cm³/mol. The van der Waals surface area contributed by atoms with Crippen LogP contribution < -0.4 is 0 Å². The summed E-state index contributed by atoms with van der Waals surface area (Å²) in [4.78, 5) is 0. The maximum Gasteiger partial charge on any atom is 0 e. The summed E-state index contributed by atoms with van der Waals surface area (Å²) in [6, 6.07) is 17.5. The first-order chi connectivity index (χ1) is 8.33. The summed E-state index contributed by atoms with van der Waals surface area (Å²) < 4.78 is 0. The molecule has 0 heterocycles. The predicted octanol–water partition coefficient (Wildman–Crippen LogP) is 4.86. The molecular formula is C17H16Ar3. The van der Waals surface area contributed by atoms with Crippen molar-refractivity contribution in [3.05, 3.63) is 59.7 Å². The van der Waals surface area contributed by atoms with Gasteiger partial charge in [0.1, 0.15) is 0 Å². The first-order valence-electron chi connectivity index (χ1n) is 6.22. The first-order valence-corrected chi connectivity index (χ1v) is 6.22. The molecule has 108 valence electrons. The molecule has 0 aliphatic heterocycles. The second kappa shape index (κ2) is 9.96. The van der Waals surface area contributed by atoms with E-state index < -0.39 is 0 Å². The van der Waals surface area contributed by atoms with Crippen LogP contribution in [0.25, 0.3) is 21.5 Å². The summed E-state index contributed by atoms with van der Waals surface area (Å²) in [6.45, 7) is 4.47. The molecule has 0 aromatic heterocycles. The van der Waals surface area contributed by atoms with Crippen LogP contribution in [0, 0.1) is 120 Å². The Hall–Kier alpha value is 1.96. The second-order valence-electron chi connectivity index (χ2n) is 4.55. The van der Waals surface area contributed by atoms with E-state index in [4.69, 9.17) is 0 Å². The Morgan fingerprint density at radius 1 is 0.650 bits per heavy atom. The van der Waals surface area contributed by atoms with Crippen molar-refractivity contribution in [2.45, 2.75) is 20.3 Å². The normalized spacial score (nSPS) is 9.50. The number of rotatable bonds is 1. The second-order valence-corrected chi connectivity index (χ2v) is 4.55. The molecule has 0 radical (unpaired) electrons. The molecule has 3 rings (SSSR count). The van der Waals surface area contributed by atoms with Crippen LogP contribution in [0.2, 0.25) is 0 Å². The Morgan fingerprint density at radius 2 is 1.00 bits per heavy atom. The van der Waals surface area contributed by atoms with E-state index >= 15 is 0 Å². The number of hydrogen-bond acceptors (Lipinski definition) is 0. The van der Waals surface area contributed by atoms with Crippen molar-refractivity contribution in [1.82, 2.24) is 0 Å². The topological polar surface area (TPSA) is 0 Å². The van der Waals surface area contributed by atoms with Gasteiger partial charge < -0.3 is 0 Å². The molecule has 0 fully saturated rings. The number of benzene rings is 3. The Balaban J connectivity index is 0.00000120.